The van der Waals surface area contributed by atoms with Gasteiger partial charge in [0.25, 0.3) is 5.91 Å². The third kappa shape index (κ3) is 6.19. The number of pyridine rings is 1. The second-order valence-corrected chi connectivity index (χ2v) is 11.2. The number of rotatable bonds is 10. The van der Waals surface area contributed by atoms with Crippen LogP contribution in [0.2, 0.25) is 0 Å². The normalized spacial score (nSPS) is 12.0. The van der Waals surface area contributed by atoms with E-state index in [1.807, 2.05) is 0 Å². The number of fused-ring (bicyclic) bond motifs is 1. The number of alkyl halides is 3. The first-order valence-electron chi connectivity index (χ1n) is 12.3. The lowest BCUT2D eigenvalue weighted by molar-refractivity contribution is -0.127. The van der Waals surface area contributed by atoms with Crippen LogP contribution in [-0.2, 0) is 23.0 Å². The summed E-state index contributed by atoms with van der Waals surface area (Å²) in [6, 6.07) is 9.31. The van der Waals surface area contributed by atoms with Gasteiger partial charge >= 0.3 is 6.18 Å². The number of aromatic hydroxyl groups is 1. The summed E-state index contributed by atoms with van der Waals surface area (Å²) < 4.78 is 81.0. The molecule has 2 heterocycles. The number of anilines is 2. The van der Waals surface area contributed by atoms with Crippen LogP contribution < -0.4 is 15.4 Å². The minimum Gasteiger partial charge on any atom is -0.508 e. The van der Waals surface area contributed by atoms with E-state index in [4.69, 9.17) is 5.73 Å². The van der Waals surface area contributed by atoms with Crippen LogP contribution in [0.5, 0.6) is 5.75 Å². The largest absolute Gasteiger partial charge is 0.508 e. The van der Waals surface area contributed by atoms with Crippen LogP contribution in [0.4, 0.5) is 29.1 Å². The topological polar surface area (TPSA) is 154 Å². The Kier molecular flexibility index (Phi) is 8.10. The van der Waals surface area contributed by atoms with Crippen LogP contribution in [0, 0.1) is 5.82 Å². The van der Waals surface area contributed by atoms with Crippen LogP contribution in [0.1, 0.15) is 35.5 Å². The average molecular weight is 595 g/mol. The van der Waals surface area contributed by atoms with E-state index < -0.39 is 45.7 Å². The number of aromatic amines is 1. The molecule has 0 saturated heterocycles. The van der Waals surface area contributed by atoms with Gasteiger partial charge in [-0.05, 0) is 37.6 Å². The second-order valence-electron chi connectivity index (χ2n) is 9.01. The van der Waals surface area contributed by atoms with Crippen molar-refractivity contribution in [2.24, 2.45) is 5.73 Å². The molecule has 4 rings (SSSR count). The first kappa shape index (κ1) is 29.6. The third-order valence-corrected chi connectivity index (χ3v) is 8.17. The number of carbonyl (C=O) groups is 1. The van der Waals surface area contributed by atoms with Crippen molar-refractivity contribution in [3.63, 3.8) is 0 Å². The Hall–Kier alpha value is -4.40. The van der Waals surface area contributed by atoms with Gasteiger partial charge in [0.05, 0.1) is 34.5 Å². The first-order valence-corrected chi connectivity index (χ1v) is 14.0. The molecule has 0 bridgehead atoms. The maximum Gasteiger partial charge on any atom is 0.393 e. The van der Waals surface area contributed by atoms with Crippen molar-refractivity contribution in [1.82, 2.24) is 15.2 Å². The first-order chi connectivity index (χ1) is 19.3. The van der Waals surface area contributed by atoms with Gasteiger partial charge in [0.15, 0.2) is 5.69 Å². The molecule has 5 N–H and O–H groups in total. The number of nitrogens with zero attached hydrogens (tertiary/aromatic N) is 3. The molecule has 10 nitrogen and oxygen atoms in total. The second kappa shape index (κ2) is 11.2. The number of hydrogen-bond donors (Lipinski definition) is 4. The molecule has 0 atom stereocenters. The molecule has 41 heavy (non-hydrogen) atoms. The molecule has 0 aliphatic rings. The molecular weight excluding hydrogens is 568 g/mol. The van der Waals surface area contributed by atoms with E-state index in [1.165, 1.54) is 17.3 Å². The number of halogens is 4. The fraction of sp³-hybridized carbons (Fsp3) is 0.269. The maximum atomic E-state index is 14.3. The van der Waals surface area contributed by atoms with Crippen molar-refractivity contribution in [3.8, 4) is 17.0 Å². The highest BCUT2D eigenvalue weighted by Crippen LogP contribution is 2.38. The van der Waals surface area contributed by atoms with E-state index >= 15 is 0 Å². The number of H-pyrrole nitrogens is 1. The molecule has 15 heteroatoms. The van der Waals surface area contributed by atoms with Crippen molar-refractivity contribution in [2.45, 2.75) is 33.0 Å². The lowest BCUT2D eigenvalue weighted by atomic mass is 9.99. The monoisotopic (exact) mass is 594 g/mol. The van der Waals surface area contributed by atoms with Gasteiger partial charge in [-0.25, -0.2) is 17.8 Å². The zero-order chi connectivity index (χ0) is 30.1. The predicted molar refractivity (Wildman–Crippen MR) is 145 cm³/mol. The van der Waals surface area contributed by atoms with Crippen molar-refractivity contribution < 1.29 is 35.9 Å². The molecular formula is C26H26F4N6O4S. The van der Waals surface area contributed by atoms with Crippen molar-refractivity contribution in [1.29, 1.82) is 0 Å². The summed E-state index contributed by atoms with van der Waals surface area (Å²) in [5, 5.41) is 19.8. The molecule has 2 aromatic heterocycles. The van der Waals surface area contributed by atoms with Gasteiger partial charge in [0.1, 0.15) is 17.4 Å². The quantitative estimate of drug-likeness (QED) is 0.198. The number of nitrogens with one attached hydrogen (secondary N) is 2. The molecule has 0 radical (unpaired) electrons. The highest BCUT2D eigenvalue weighted by Gasteiger charge is 2.32. The Balaban J connectivity index is 1.86. The summed E-state index contributed by atoms with van der Waals surface area (Å²) in [4.78, 5) is 16.5. The minimum absolute atomic E-state index is 0.0371. The molecule has 0 spiro atoms. The van der Waals surface area contributed by atoms with Crippen LogP contribution in [0.25, 0.3) is 22.2 Å². The number of nitrogens with two attached hydrogens (primary N) is 1. The van der Waals surface area contributed by atoms with E-state index in [2.05, 4.69) is 20.5 Å². The van der Waals surface area contributed by atoms with Gasteiger partial charge in [-0.2, -0.15) is 18.3 Å². The van der Waals surface area contributed by atoms with Crippen molar-refractivity contribution in [3.05, 3.63) is 65.1 Å². The molecule has 4 aromatic rings. The van der Waals surface area contributed by atoms with Crippen LogP contribution >= 0.6 is 0 Å². The summed E-state index contributed by atoms with van der Waals surface area (Å²) in [6.45, 7) is 3.32. The molecule has 218 valence electrons. The number of hydrogen-bond acceptors (Lipinski definition) is 7. The van der Waals surface area contributed by atoms with Gasteiger partial charge < -0.3 is 16.2 Å². The molecule has 0 aliphatic heterocycles. The number of amides is 1. The smallest absolute Gasteiger partial charge is 0.393 e. The molecule has 0 fully saturated rings. The number of benzene rings is 2. The summed E-state index contributed by atoms with van der Waals surface area (Å²) in [6.07, 6.45) is -6.28. The lowest BCUT2D eigenvalue weighted by Gasteiger charge is -2.25. The summed E-state index contributed by atoms with van der Waals surface area (Å²) in [5.41, 5.74) is 5.23. The number of primary amides is 1. The van der Waals surface area contributed by atoms with Gasteiger partial charge in [-0.15, -0.1) is 0 Å². The van der Waals surface area contributed by atoms with E-state index in [0.717, 1.165) is 6.07 Å². The fourth-order valence-corrected chi connectivity index (χ4v) is 5.66. The average Bonchev–Trinajstić information content (AvgIpc) is 3.33. The summed E-state index contributed by atoms with van der Waals surface area (Å²) >= 11 is 0. The zero-order valence-corrected chi connectivity index (χ0v) is 22.7. The number of phenolic OH excluding ortho intramolecular Hbond substituents is 1. The van der Waals surface area contributed by atoms with E-state index in [0.29, 0.717) is 17.3 Å². The zero-order valence-electron chi connectivity index (χ0n) is 21.9. The Morgan fingerprint density at radius 2 is 1.88 bits per heavy atom. The van der Waals surface area contributed by atoms with Gasteiger partial charge in [0.2, 0.25) is 10.0 Å². The molecule has 1 amide bonds. The molecule has 0 saturated carbocycles. The highest BCUT2D eigenvalue weighted by molar-refractivity contribution is 7.92. The van der Waals surface area contributed by atoms with E-state index in [1.54, 1.807) is 31.2 Å². The predicted octanol–water partition coefficient (Wildman–Crippen LogP) is 4.46. The number of aromatic nitrogens is 3. The number of carbonyl (C=O) groups excluding carboxylic acids is 1. The third-order valence-electron chi connectivity index (χ3n) is 6.32. The van der Waals surface area contributed by atoms with Gasteiger partial charge in [-0.1, -0.05) is 18.2 Å². The number of sulfonamides is 1. The summed E-state index contributed by atoms with van der Waals surface area (Å²) in [5.74, 6) is -2.99. The summed E-state index contributed by atoms with van der Waals surface area (Å²) in [7, 11) is -3.62. The van der Waals surface area contributed by atoms with Crippen LogP contribution in [0.3, 0.4) is 0 Å². The number of para-hydroxylation sites is 1. The standard InChI is InChI=1S/C26H26F4N6O4S/c1-3-36(41(39,40)4-2)20-8-6-5-7-14(20)13-32-25-22-19(34-35-23(22)24(31)38)11-18(33-25)16-9-15(27)10-21(37)17(16)12-26(28,29)30/h5-11,37H,3-4,12-13H2,1-2H3,(H2,31,38)(H,32,33)(H,34,35). The molecule has 0 aliphatic carbocycles. The Morgan fingerprint density at radius 3 is 2.51 bits per heavy atom. The Bertz CT molecular complexity index is 1720. The maximum absolute atomic E-state index is 14.3. The van der Waals surface area contributed by atoms with Crippen LogP contribution in [0.15, 0.2) is 42.5 Å². The Labute approximate surface area is 232 Å². The van der Waals surface area contributed by atoms with E-state index in [9.17, 15) is 35.9 Å². The minimum atomic E-state index is -4.73. The Morgan fingerprint density at radius 1 is 1.17 bits per heavy atom. The van der Waals surface area contributed by atoms with Crippen molar-refractivity contribution >= 4 is 38.3 Å². The van der Waals surface area contributed by atoms with Crippen LogP contribution in [-0.4, -0.2) is 53.1 Å². The molecule has 2 aromatic carbocycles. The van der Waals surface area contributed by atoms with Crippen molar-refractivity contribution in [2.75, 3.05) is 21.9 Å². The fourth-order valence-electron chi connectivity index (χ4n) is 4.48. The molecule has 0 unspecified atom stereocenters. The SMILES string of the molecule is CCN(c1ccccc1CNc1nc(-c2cc(F)cc(O)c2CC(F)(F)F)cc2[nH]nc(C(N)=O)c12)S(=O)(=O)CC. The van der Waals surface area contributed by atoms with E-state index in [-0.39, 0.29) is 52.5 Å². The lowest BCUT2D eigenvalue weighted by Crippen LogP contribution is -2.33. The highest BCUT2D eigenvalue weighted by atomic mass is 32.2. The van der Waals surface area contributed by atoms with Gasteiger partial charge in [-0.3, -0.25) is 14.2 Å². The number of phenols is 1. The van der Waals surface area contributed by atoms with Gasteiger partial charge in [0, 0.05) is 30.3 Å².